The topological polar surface area (TPSA) is 67.4 Å². The molecule has 0 aliphatic heterocycles. The van der Waals surface area contributed by atoms with Gasteiger partial charge < -0.3 is 10.1 Å². The second-order valence-corrected chi connectivity index (χ2v) is 7.62. The molecule has 0 saturated carbocycles. The lowest BCUT2D eigenvalue weighted by molar-refractivity contribution is 0.402. The van der Waals surface area contributed by atoms with Gasteiger partial charge in [0.25, 0.3) is 10.0 Å². The molecule has 140 valence electrons. The summed E-state index contributed by atoms with van der Waals surface area (Å²) >= 11 is 0. The Morgan fingerprint density at radius 2 is 1.59 bits per heavy atom. The zero-order valence-corrected chi connectivity index (χ0v) is 15.7. The number of halogens is 1. The van der Waals surface area contributed by atoms with E-state index in [0.29, 0.717) is 17.1 Å². The fourth-order valence-electron chi connectivity index (χ4n) is 2.56. The Morgan fingerprint density at radius 1 is 0.889 bits per heavy atom. The lowest BCUT2D eigenvalue weighted by atomic mass is 10.2. The summed E-state index contributed by atoms with van der Waals surface area (Å²) in [4.78, 5) is 0.0759. The standard InChI is InChI=1S/C20H19FN2O3S/c1-14-6-11-19(26-2)20(12-14)27(24,25)23-17-9-7-16(8-10-17)22-18-5-3-4-15(21)13-18/h3-13,22-23H,1-2H3. The van der Waals surface area contributed by atoms with E-state index in [1.807, 2.05) is 6.92 Å². The normalized spacial score (nSPS) is 11.1. The van der Waals surface area contributed by atoms with Gasteiger partial charge in [-0.3, -0.25) is 4.72 Å². The summed E-state index contributed by atoms with van der Waals surface area (Å²) in [7, 11) is -2.37. The van der Waals surface area contributed by atoms with Crippen LogP contribution in [0.1, 0.15) is 5.56 Å². The van der Waals surface area contributed by atoms with Crippen LogP contribution in [-0.2, 0) is 10.0 Å². The van der Waals surface area contributed by atoms with Gasteiger partial charge in [-0.15, -0.1) is 0 Å². The molecule has 0 radical (unpaired) electrons. The Bertz CT molecular complexity index is 1050. The SMILES string of the molecule is COc1ccc(C)cc1S(=O)(=O)Nc1ccc(Nc2cccc(F)c2)cc1. The molecule has 0 aliphatic carbocycles. The minimum absolute atomic E-state index is 0.0759. The molecule has 0 amide bonds. The maximum absolute atomic E-state index is 13.2. The van der Waals surface area contributed by atoms with E-state index in [9.17, 15) is 12.8 Å². The molecule has 3 aromatic rings. The van der Waals surface area contributed by atoms with E-state index in [0.717, 1.165) is 5.56 Å². The molecule has 0 aliphatic rings. The molecular weight excluding hydrogens is 367 g/mol. The molecule has 7 heteroatoms. The average Bonchev–Trinajstić information content (AvgIpc) is 2.63. The van der Waals surface area contributed by atoms with Crippen molar-refractivity contribution >= 4 is 27.1 Å². The van der Waals surface area contributed by atoms with E-state index < -0.39 is 10.0 Å². The molecule has 0 bridgehead atoms. The van der Waals surface area contributed by atoms with Crippen molar-refractivity contribution in [2.75, 3.05) is 17.1 Å². The lowest BCUT2D eigenvalue weighted by Crippen LogP contribution is -2.14. The van der Waals surface area contributed by atoms with Gasteiger partial charge in [-0.1, -0.05) is 12.1 Å². The van der Waals surface area contributed by atoms with E-state index in [-0.39, 0.29) is 16.5 Å². The fourth-order valence-corrected chi connectivity index (χ4v) is 3.87. The summed E-state index contributed by atoms with van der Waals surface area (Å²) in [6.07, 6.45) is 0. The number of hydrogen-bond donors (Lipinski definition) is 2. The first-order valence-electron chi connectivity index (χ1n) is 8.17. The van der Waals surface area contributed by atoms with Gasteiger partial charge in [-0.2, -0.15) is 0 Å². The third-order valence-electron chi connectivity index (χ3n) is 3.86. The molecule has 3 aromatic carbocycles. The van der Waals surface area contributed by atoms with Gasteiger partial charge in [0.2, 0.25) is 0 Å². The molecule has 0 atom stereocenters. The first kappa shape index (κ1) is 18.7. The van der Waals surface area contributed by atoms with E-state index in [2.05, 4.69) is 10.0 Å². The van der Waals surface area contributed by atoms with Crippen molar-refractivity contribution < 1.29 is 17.5 Å². The van der Waals surface area contributed by atoms with Crippen LogP contribution in [0.15, 0.2) is 71.6 Å². The summed E-state index contributed by atoms with van der Waals surface area (Å²) in [6.45, 7) is 1.81. The molecule has 0 heterocycles. The highest BCUT2D eigenvalue weighted by Gasteiger charge is 2.19. The predicted molar refractivity (Wildman–Crippen MR) is 105 cm³/mol. The van der Waals surface area contributed by atoms with Crippen molar-refractivity contribution in [3.05, 3.63) is 78.1 Å². The zero-order chi connectivity index (χ0) is 19.4. The Morgan fingerprint density at radius 3 is 2.26 bits per heavy atom. The number of ether oxygens (including phenoxy) is 1. The molecule has 2 N–H and O–H groups in total. The minimum atomic E-state index is -3.80. The van der Waals surface area contributed by atoms with Gasteiger partial charge in [-0.05, 0) is 67.1 Å². The number of anilines is 3. The Labute approximate surface area is 157 Å². The number of aryl methyl sites for hydroxylation is 1. The number of benzene rings is 3. The van der Waals surface area contributed by atoms with Gasteiger partial charge in [0.05, 0.1) is 7.11 Å². The highest BCUT2D eigenvalue weighted by Crippen LogP contribution is 2.27. The average molecular weight is 386 g/mol. The summed E-state index contributed by atoms with van der Waals surface area (Å²) in [5.41, 5.74) is 2.53. The van der Waals surface area contributed by atoms with Gasteiger partial charge in [0.1, 0.15) is 16.5 Å². The summed E-state index contributed by atoms with van der Waals surface area (Å²) in [5.74, 6) is -0.0611. The molecule has 0 unspecified atom stereocenters. The van der Waals surface area contributed by atoms with Crippen molar-refractivity contribution in [3.63, 3.8) is 0 Å². The number of methoxy groups -OCH3 is 1. The molecule has 0 fully saturated rings. The highest BCUT2D eigenvalue weighted by molar-refractivity contribution is 7.92. The maximum atomic E-state index is 13.2. The molecule has 5 nitrogen and oxygen atoms in total. The quantitative estimate of drug-likeness (QED) is 0.645. The molecule has 0 saturated heterocycles. The molecule has 3 rings (SSSR count). The first-order chi connectivity index (χ1) is 12.9. The van der Waals surface area contributed by atoms with Gasteiger partial charge in [0.15, 0.2) is 0 Å². The van der Waals surface area contributed by atoms with E-state index >= 15 is 0 Å². The number of sulfonamides is 1. The minimum Gasteiger partial charge on any atom is -0.495 e. The van der Waals surface area contributed by atoms with Crippen LogP contribution in [0.5, 0.6) is 5.75 Å². The second-order valence-electron chi connectivity index (χ2n) is 5.97. The predicted octanol–water partition coefficient (Wildman–Crippen LogP) is 4.69. The van der Waals surface area contributed by atoms with Crippen molar-refractivity contribution in [2.45, 2.75) is 11.8 Å². The van der Waals surface area contributed by atoms with Crippen LogP contribution in [0.4, 0.5) is 21.5 Å². The Kier molecular flexibility index (Phi) is 5.32. The van der Waals surface area contributed by atoms with Gasteiger partial charge in [-0.25, -0.2) is 12.8 Å². The smallest absolute Gasteiger partial charge is 0.265 e. The van der Waals surface area contributed by atoms with Crippen LogP contribution >= 0.6 is 0 Å². The van der Waals surface area contributed by atoms with Crippen LogP contribution in [0, 0.1) is 12.7 Å². The summed E-state index contributed by atoms with van der Waals surface area (Å²) in [5, 5.41) is 3.05. The Hall–Kier alpha value is -3.06. The zero-order valence-electron chi connectivity index (χ0n) is 14.9. The van der Waals surface area contributed by atoms with Crippen molar-refractivity contribution in [1.82, 2.24) is 0 Å². The van der Waals surface area contributed by atoms with Crippen molar-refractivity contribution in [3.8, 4) is 5.75 Å². The number of rotatable bonds is 6. The van der Waals surface area contributed by atoms with Gasteiger partial charge >= 0.3 is 0 Å². The van der Waals surface area contributed by atoms with Gasteiger partial charge in [0, 0.05) is 17.1 Å². The van der Waals surface area contributed by atoms with Crippen molar-refractivity contribution in [2.24, 2.45) is 0 Å². The highest BCUT2D eigenvalue weighted by atomic mass is 32.2. The van der Waals surface area contributed by atoms with Crippen molar-refractivity contribution in [1.29, 1.82) is 0 Å². The van der Waals surface area contributed by atoms with E-state index in [1.165, 1.54) is 19.2 Å². The summed E-state index contributed by atoms with van der Waals surface area (Å²) < 4.78 is 46.3. The van der Waals surface area contributed by atoms with Crippen LogP contribution in [0.25, 0.3) is 0 Å². The van der Waals surface area contributed by atoms with Crippen LogP contribution < -0.4 is 14.8 Å². The third kappa shape index (κ3) is 4.57. The first-order valence-corrected chi connectivity index (χ1v) is 9.66. The number of hydrogen-bond acceptors (Lipinski definition) is 4. The molecule has 27 heavy (non-hydrogen) atoms. The van der Waals surface area contributed by atoms with E-state index in [1.54, 1.807) is 54.6 Å². The number of nitrogens with one attached hydrogen (secondary N) is 2. The molecular formula is C20H19FN2O3S. The molecule has 0 aromatic heterocycles. The van der Waals surface area contributed by atoms with Crippen LogP contribution in [0.2, 0.25) is 0 Å². The third-order valence-corrected chi connectivity index (χ3v) is 5.26. The molecule has 0 spiro atoms. The van der Waals surface area contributed by atoms with Crippen LogP contribution in [-0.4, -0.2) is 15.5 Å². The fraction of sp³-hybridized carbons (Fsp3) is 0.100. The monoisotopic (exact) mass is 386 g/mol. The summed E-state index contributed by atoms with van der Waals surface area (Å²) in [6, 6.07) is 17.7. The van der Waals surface area contributed by atoms with Crippen LogP contribution in [0.3, 0.4) is 0 Å². The Balaban J connectivity index is 1.79. The second kappa shape index (κ2) is 7.67. The van der Waals surface area contributed by atoms with E-state index in [4.69, 9.17) is 4.74 Å². The maximum Gasteiger partial charge on any atom is 0.265 e. The lowest BCUT2D eigenvalue weighted by Gasteiger charge is -2.13. The largest absolute Gasteiger partial charge is 0.495 e.